The maximum Gasteiger partial charge on any atom is 0.319 e. The number of carbonyl (C=O) groups excluding carboxylic acids is 1. The molecule has 0 aliphatic rings. The molecule has 2 amide bonds. The normalized spacial score (nSPS) is 11.6. The topological polar surface area (TPSA) is 70.6 Å². The quantitative estimate of drug-likeness (QED) is 0.766. The maximum atomic E-state index is 13.1. The van der Waals surface area contributed by atoms with Gasteiger partial charge in [-0.1, -0.05) is 30.3 Å². The van der Waals surface area contributed by atoms with Gasteiger partial charge in [0.25, 0.3) is 0 Å². The zero-order valence-corrected chi connectivity index (χ0v) is 12.8. The van der Waals surface area contributed by atoms with E-state index >= 15 is 0 Å². The highest BCUT2D eigenvalue weighted by Crippen LogP contribution is 2.24. The molecule has 5 nitrogen and oxygen atoms in total. The summed E-state index contributed by atoms with van der Waals surface area (Å²) < 4.78 is 18.1. The average Bonchev–Trinajstić information content (AvgIpc) is 2.55. The molecular formula is C17H19FN2O3. The van der Waals surface area contributed by atoms with E-state index in [0.29, 0.717) is 12.1 Å². The zero-order valence-electron chi connectivity index (χ0n) is 12.8. The van der Waals surface area contributed by atoms with E-state index in [1.807, 2.05) is 30.3 Å². The van der Waals surface area contributed by atoms with Crippen molar-refractivity contribution in [3.05, 3.63) is 59.9 Å². The molecule has 0 aliphatic carbocycles. The van der Waals surface area contributed by atoms with Crippen LogP contribution in [0.3, 0.4) is 0 Å². The van der Waals surface area contributed by atoms with Crippen LogP contribution in [-0.4, -0.2) is 30.9 Å². The molecule has 2 aromatic carbocycles. The second-order valence-electron chi connectivity index (χ2n) is 5.02. The lowest BCUT2D eigenvalue weighted by Gasteiger charge is -2.14. The Balaban J connectivity index is 1.83. The maximum absolute atomic E-state index is 13.1. The van der Waals surface area contributed by atoms with E-state index in [-0.39, 0.29) is 12.3 Å². The summed E-state index contributed by atoms with van der Waals surface area (Å²) in [6.07, 6.45) is -0.251. The van der Waals surface area contributed by atoms with Crippen molar-refractivity contribution in [2.75, 3.05) is 19.0 Å². The third-order valence-corrected chi connectivity index (χ3v) is 3.22. The molecule has 0 saturated heterocycles. The van der Waals surface area contributed by atoms with Crippen LogP contribution in [0, 0.1) is 5.82 Å². The van der Waals surface area contributed by atoms with Gasteiger partial charge in [0.05, 0.1) is 18.9 Å². The number of aliphatic hydroxyl groups is 1. The Labute approximate surface area is 134 Å². The number of rotatable bonds is 6. The van der Waals surface area contributed by atoms with Crippen LogP contribution < -0.4 is 15.4 Å². The average molecular weight is 318 g/mol. The molecular weight excluding hydrogens is 299 g/mol. The second kappa shape index (κ2) is 8.14. The van der Waals surface area contributed by atoms with E-state index in [9.17, 15) is 14.3 Å². The summed E-state index contributed by atoms with van der Waals surface area (Å²) in [4.78, 5) is 11.8. The fourth-order valence-corrected chi connectivity index (χ4v) is 2.10. The van der Waals surface area contributed by atoms with Crippen LogP contribution in [0.1, 0.15) is 5.56 Å². The monoisotopic (exact) mass is 318 g/mol. The Bertz CT molecular complexity index is 650. The van der Waals surface area contributed by atoms with Gasteiger partial charge in [-0.15, -0.1) is 0 Å². The Morgan fingerprint density at radius 3 is 2.70 bits per heavy atom. The lowest BCUT2D eigenvalue weighted by atomic mass is 10.1. The summed E-state index contributed by atoms with van der Waals surface area (Å²) >= 11 is 0. The predicted octanol–water partition coefficient (Wildman–Crippen LogP) is 2.56. The first-order chi connectivity index (χ1) is 11.1. The molecule has 23 heavy (non-hydrogen) atoms. The molecule has 3 N–H and O–H groups in total. The number of anilines is 1. The van der Waals surface area contributed by atoms with Crippen LogP contribution in [0.15, 0.2) is 48.5 Å². The smallest absolute Gasteiger partial charge is 0.319 e. The number of methoxy groups -OCH3 is 1. The number of hydrogen-bond acceptors (Lipinski definition) is 3. The number of aliphatic hydroxyl groups excluding tert-OH is 1. The van der Waals surface area contributed by atoms with Crippen LogP contribution in [0.2, 0.25) is 0 Å². The second-order valence-corrected chi connectivity index (χ2v) is 5.02. The summed E-state index contributed by atoms with van der Waals surface area (Å²) in [6.45, 7) is 0.101. The molecule has 0 aromatic heterocycles. The van der Waals surface area contributed by atoms with Crippen molar-refractivity contribution in [1.29, 1.82) is 0 Å². The minimum Gasteiger partial charge on any atom is -0.494 e. The minimum atomic E-state index is -0.696. The Morgan fingerprint density at radius 2 is 2.00 bits per heavy atom. The third-order valence-electron chi connectivity index (χ3n) is 3.22. The Hall–Kier alpha value is -2.60. The van der Waals surface area contributed by atoms with Crippen LogP contribution in [-0.2, 0) is 6.42 Å². The van der Waals surface area contributed by atoms with Crippen LogP contribution in [0.4, 0.5) is 14.9 Å². The van der Waals surface area contributed by atoms with Crippen molar-refractivity contribution < 1.29 is 19.0 Å². The van der Waals surface area contributed by atoms with Gasteiger partial charge >= 0.3 is 6.03 Å². The first-order valence-electron chi connectivity index (χ1n) is 7.19. The molecule has 2 rings (SSSR count). The van der Waals surface area contributed by atoms with Gasteiger partial charge in [-0.2, -0.15) is 0 Å². The van der Waals surface area contributed by atoms with Crippen LogP contribution >= 0.6 is 0 Å². The van der Waals surface area contributed by atoms with Gasteiger partial charge in [0.2, 0.25) is 0 Å². The molecule has 0 fully saturated rings. The molecule has 6 heteroatoms. The van der Waals surface area contributed by atoms with Gasteiger partial charge in [0.1, 0.15) is 11.6 Å². The zero-order chi connectivity index (χ0) is 16.7. The molecule has 0 aliphatic heterocycles. The van der Waals surface area contributed by atoms with Gasteiger partial charge in [-0.05, 0) is 17.7 Å². The van der Waals surface area contributed by atoms with Gasteiger partial charge in [0.15, 0.2) is 0 Å². The number of ether oxygens (including phenoxy) is 1. The molecule has 0 heterocycles. The predicted molar refractivity (Wildman–Crippen MR) is 86.1 cm³/mol. The summed E-state index contributed by atoms with van der Waals surface area (Å²) in [5, 5.41) is 15.1. The van der Waals surface area contributed by atoms with Gasteiger partial charge in [0, 0.05) is 19.0 Å². The molecule has 0 saturated carbocycles. The lowest BCUT2D eigenvalue weighted by molar-refractivity contribution is 0.172. The summed E-state index contributed by atoms with van der Waals surface area (Å²) in [5.74, 6) is -0.226. The molecule has 2 aromatic rings. The molecule has 0 bridgehead atoms. The van der Waals surface area contributed by atoms with Crippen molar-refractivity contribution in [2.24, 2.45) is 0 Å². The van der Waals surface area contributed by atoms with E-state index in [0.717, 1.165) is 5.56 Å². The fraction of sp³-hybridized carbons (Fsp3) is 0.235. The van der Waals surface area contributed by atoms with Crippen LogP contribution in [0.25, 0.3) is 0 Å². The molecule has 1 atom stereocenters. The molecule has 0 spiro atoms. The van der Waals surface area contributed by atoms with E-state index in [4.69, 9.17) is 4.74 Å². The van der Waals surface area contributed by atoms with E-state index in [1.165, 1.54) is 25.3 Å². The number of benzene rings is 2. The standard InChI is InChI=1S/C17H19FN2O3/c1-23-16-10-13(18)7-8-15(16)20-17(22)19-11-14(21)9-12-5-3-2-4-6-12/h2-8,10,14,21H,9,11H2,1H3,(H2,19,20,22). The van der Waals surface area contributed by atoms with Gasteiger partial charge < -0.3 is 20.5 Å². The Morgan fingerprint density at radius 1 is 1.26 bits per heavy atom. The van der Waals surface area contributed by atoms with Crippen molar-refractivity contribution in [2.45, 2.75) is 12.5 Å². The first kappa shape index (κ1) is 16.8. The number of hydrogen-bond donors (Lipinski definition) is 3. The number of nitrogens with one attached hydrogen (secondary N) is 2. The summed E-state index contributed by atoms with van der Waals surface area (Å²) in [7, 11) is 1.39. The van der Waals surface area contributed by atoms with Gasteiger partial charge in [-0.25, -0.2) is 9.18 Å². The number of carbonyl (C=O) groups is 1. The van der Waals surface area contributed by atoms with Crippen molar-refractivity contribution in [1.82, 2.24) is 5.32 Å². The van der Waals surface area contributed by atoms with Crippen molar-refractivity contribution >= 4 is 11.7 Å². The number of halogens is 1. The minimum absolute atomic E-state index is 0.101. The van der Waals surface area contributed by atoms with E-state index in [1.54, 1.807) is 0 Å². The summed E-state index contributed by atoms with van der Waals surface area (Å²) in [6, 6.07) is 12.8. The number of urea groups is 1. The van der Waals surface area contributed by atoms with Crippen LogP contribution in [0.5, 0.6) is 5.75 Å². The largest absolute Gasteiger partial charge is 0.494 e. The fourth-order valence-electron chi connectivity index (χ4n) is 2.10. The first-order valence-corrected chi connectivity index (χ1v) is 7.19. The van der Waals surface area contributed by atoms with Gasteiger partial charge in [-0.3, -0.25) is 0 Å². The molecule has 1 unspecified atom stereocenters. The third kappa shape index (κ3) is 5.27. The summed E-state index contributed by atoms with van der Waals surface area (Å²) in [5.41, 5.74) is 1.34. The van der Waals surface area contributed by atoms with Crippen molar-refractivity contribution in [3.63, 3.8) is 0 Å². The van der Waals surface area contributed by atoms with Crippen molar-refractivity contribution in [3.8, 4) is 5.75 Å². The highest BCUT2D eigenvalue weighted by Gasteiger charge is 2.11. The highest BCUT2D eigenvalue weighted by molar-refractivity contribution is 5.90. The molecule has 122 valence electrons. The Kier molecular flexibility index (Phi) is 5.94. The van der Waals surface area contributed by atoms with E-state index in [2.05, 4.69) is 10.6 Å². The lowest BCUT2D eigenvalue weighted by Crippen LogP contribution is -2.36. The highest BCUT2D eigenvalue weighted by atomic mass is 19.1. The number of amides is 2. The van der Waals surface area contributed by atoms with E-state index < -0.39 is 18.0 Å². The molecule has 0 radical (unpaired) electrons. The SMILES string of the molecule is COc1cc(F)ccc1NC(=O)NCC(O)Cc1ccccc1.